The SMILES string of the molecule is CCc1ccccc1OCCNC(=O)c1c(F)cccc1Cl. The molecule has 0 aliphatic rings. The minimum Gasteiger partial charge on any atom is -0.491 e. The van der Waals surface area contributed by atoms with Crippen LogP contribution in [0.4, 0.5) is 4.39 Å². The highest BCUT2D eigenvalue weighted by Crippen LogP contribution is 2.19. The number of benzene rings is 2. The molecular weight excluding hydrogens is 305 g/mol. The van der Waals surface area contributed by atoms with E-state index >= 15 is 0 Å². The van der Waals surface area contributed by atoms with Crippen molar-refractivity contribution in [2.75, 3.05) is 13.2 Å². The van der Waals surface area contributed by atoms with Crippen LogP contribution < -0.4 is 10.1 Å². The molecule has 5 heteroatoms. The number of hydrogen-bond acceptors (Lipinski definition) is 2. The molecule has 0 saturated heterocycles. The fourth-order valence-electron chi connectivity index (χ4n) is 2.07. The Morgan fingerprint density at radius 2 is 2.00 bits per heavy atom. The summed E-state index contributed by atoms with van der Waals surface area (Å²) in [6.45, 7) is 2.61. The number of para-hydroxylation sites is 1. The van der Waals surface area contributed by atoms with E-state index in [2.05, 4.69) is 5.32 Å². The molecule has 116 valence electrons. The van der Waals surface area contributed by atoms with E-state index in [1.165, 1.54) is 18.2 Å². The van der Waals surface area contributed by atoms with Gasteiger partial charge in [0.1, 0.15) is 18.2 Å². The van der Waals surface area contributed by atoms with Gasteiger partial charge in [-0.05, 0) is 30.2 Å². The second-order valence-corrected chi connectivity index (χ2v) is 5.07. The third kappa shape index (κ3) is 3.98. The molecule has 1 amide bonds. The van der Waals surface area contributed by atoms with E-state index in [0.717, 1.165) is 17.7 Å². The number of amides is 1. The van der Waals surface area contributed by atoms with Gasteiger partial charge in [-0.25, -0.2) is 4.39 Å². The molecule has 0 bridgehead atoms. The van der Waals surface area contributed by atoms with Crippen LogP contribution >= 0.6 is 11.6 Å². The van der Waals surface area contributed by atoms with Gasteiger partial charge in [0.25, 0.3) is 5.91 Å². The van der Waals surface area contributed by atoms with Crippen molar-refractivity contribution in [2.24, 2.45) is 0 Å². The molecule has 0 heterocycles. The molecule has 0 aromatic heterocycles. The minimum absolute atomic E-state index is 0.0924. The first-order valence-electron chi connectivity index (χ1n) is 7.06. The lowest BCUT2D eigenvalue weighted by Crippen LogP contribution is -2.29. The van der Waals surface area contributed by atoms with Crippen molar-refractivity contribution in [1.29, 1.82) is 0 Å². The van der Waals surface area contributed by atoms with E-state index in [9.17, 15) is 9.18 Å². The average molecular weight is 322 g/mol. The van der Waals surface area contributed by atoms with Crippen LogP contribution in [0.25, 0.3) is 0 Å². The Labute approximate surface area is 134 Å². The monoisotopic (exact) mass is 321 g/mol. The molecule has 0 radical (unpaired) electrons. The maximum Gasteiger partial charge on any atom is 0.255 e. The van der Waals surface area contributed by atoms with Crippen molar-refractivity contribution >= 4 is 17.5 Å². The average Bonchev–Trinajstić information content (AvgIpc) is 2.51. The molecule has 2 aromatic carbocycles. The zero-order valence-electron chi connectivity index (χ0n) is 12.2. The summed E-state index contributed by atoms with van der Waals surface area (Å²) in [7, 11) is 0. The number of ether oxygens (including phenoxy) is 1. The zero-order valence-corrected chi connectivity index (χ0v) is 13.0. The van der Waals surface area contributed by atoms with Crippen LogP contribution in [0, 0.1) is 5.82 Å². The van der Waals surface area contributed by atoms with E-state index in [-0.39, 0.29) is 17.1 Å². The minimum atomic E-state index is -0.637. The molecule has 0 spiro atoms. The van der Waals surface area contributed by atoms with Gasteiger partial charge < -0.3 is 10.1 Å². The van der Waals surface area contributed by atoms with E-state index in [1.54, 1.807) is 0 Å². The Balaban J connectivity index is 1.88. The molecule has 3 nitrogen and oxygen atoms in total. The van der Waals surface area contributed by atoms with E-state index in [0.29, 0.717) is 6.61 Å². The van der Waals surface area contributed by atoms with Gasteiger partial charge in [-0.1, -0.05) is 42.8 Å². The smallest absolute Gasteiger partial charge is 0.255 e. The van der Waals surface area contributed by atoms with Gasteiger partial charge in [-0.15, -0.1) is 0 Å². The first-order valence-corrected chi connectivity index (χ1v) is 7.44. The summed E-state index contributed by atoms with van der Waals surface area (Å²) in [5, 5.41) is 2.69. The quantitative estimate of drug-likeness (QED) is 0.821. The van der Waals surface area contributed by atoms with Crippen molar-refractivity contribution in [1.82, 2.24) is 5.32 Å². The van der Waals surface area contributed by atoms with Gasteiger partial charge in [-0.3, -0.25) is 4.79 Å². The Bertz CT molecular complexity index is 641. The van der Waals surface area contributed by atoms with Crippen molar-refractivity contribution in [3.05, 3.63) is 64.4 Å². The number of aryl methyl sites for hydroxylation is 1. The summed E-state index contributed by atoms with van der Waals surface area (Å²) < 4.78 is 19.2. The Morgan fingerprint density at radius 1 is 1.23 bits per heavy atom. The predicted octanol–water partition coefficient (Wildman–Crippen LogP) is 3.85. The van der Waals surface area contributed by atoms with E-state index in [1.807, 2.05) is 31.2 Å². The van der Waals surface area contributed by atoms with Crippen molar-refractivity contribution in [3.8, 4) is 5.75 Å². The van der Waals surface area contributed by atoms with E-state index < -0.39 is 11.7 Å². The predicted molar refractivity (Wildman–Crippen MR) is 85.1 cm³/mol. The molecule has 22 heavy (non-hydrogen) atoms. The van der Waals surface area contributed by atoms with Crippen molar-refractivity contribution in [2.45, 2.75) is 13.3 Å². The summed E-state index contributed by atoms with van der Waals surface area (Å²) in [6, 6.07) is 11.9. The molecule has 2 aromatic rings. The molecule has 0 saturated carbocycles. The molecule has 2 rings (SSSR count). The summed E-state index contributed by atoms with van der Waals surface area (Å²) in [5.74, 6) is -0.388. The van der Waals surface area contributed by atoms with Crippen LogP contribution in [0.3, 0.4) is 0 Å². The topological polar surface area (TPSA) is 38.3 Å². The fourth-order valence-corrected chi connectivity index (χ4v) is 2.31. The summed E-state index contributed by atoms with van der Waals surface area (Å²) in [5.41, 5.74) is 0.962. The highest BCUT2D eigenvalue weighted by molar-refractivity contribution is 6.33. The number of carbonyl (C=O) groups excluding carboxylic acids is 1. The Hall–Kier alpha value is -2.07. The zero-order chi connectivity index (χ0) is 15.9. The standard InChI is InChI=1S/C17H17ClFNO2/c1-2-12-6-3-4-9-15(12)22-11-10-20-17(21)16-13(18)7-5-8-14(16)19/h3-9H,2,10-11H2,1H3,(H,20,21). The number of hydrogen-bond donors (Lipinski definition) is 1. The lowest BCUT2D eigenvalue weighted by molar-refractivity contribution is 0.0943. The van der Waals surface area contributed by atoms with Crippen molar-refractivity contribution < 1.29 is 13.9 Å². The fraction of sp³-hybridized carbons (Fsp3) is 0.235. The number of carbonyl (C=O) groups is 1. The van der Waals surface area contributed by atoms with Gasteiger partial charge in [0, 0.05) is 0 Å². The van der Waals surface area contributed by atoms with Gasteiger partial charge in [0.15, 0.2) is 0 Å². The van der Waals surface area contributed by atoms with Gasteiger partial charge in [0.05, 0.1) is 17.1 Å². The Kier molecular flexibility index (Phi) is 5.78. The van der Waals surface area contributed by atoms with Crippen molar-refractivity contribution in [3.63, 3.8) is 0 Å². The lowest BCUT2D eigenvalue weighted by atomic mass is 10.1. The van der Waals surface area contributed by atoms with Crippen LogP contribution in [0.2, 0.25) is 5.02 Å². The molecule has 0 unspecified atom stereocenters. The first-order chi connectivity index (χ1) is 10.6. The number of rotatable bonds is 6. The second-order valence-electron chi connectivity index (χ2n) is 4.66. The second kappa shape index (κ2) is 7.80. The van der Waals surface area contributed by atoms with Gasteiger partial charge >= 0.3 is 0 Å². The summed E-state index contributed by atoms with van der Waals surface area (Å²) in [4.78, 5) is 11.9. The molecule has 0 aliphatic heterocycles. The van der Waals surface area contributed by atoms with Crippen LogP contribution in [-0.4, -0.2) is 19.1 Å². The third-order valence-corrected chi connectivity index (χ3v) is 3.50. The van der Waals surface area contributed by atoms with Crippen LogP contribution in [0.5, 0.6) is 5.75 Å². The molecule has 1 N–H and O–H groups in total. The highest BCUT2D eigenvalue weighted by Gasteiger charge is 2.15. The van der Waals surface area contributed by atoms with Gasteiger partial charge in [-0.2, -0.15) is 0 Å². The highest BCUT2D eigenvalue weighted by atomic mass is 35.5. The van der Waals surface area contributed by atoms with Crippen LogP contribution in [0.1, 0.15) is 22.8 Å². The number of halogens is 2. The molecule has 0 aliphatic carbocycles. The molecule has 0 atom stereocenters. The van der Waals surface area contributed by atoms with E-state index in [4.69, 9.17) is 16.3 Å². The third-order valence-electron chi connectivity index (χ3n) is 3.19. The largest absolute Gasteiger partial charge is 0.491 e. The maximum absolute atomic E-state index is 13.6. The van der Waals surface area contributed by atoms with Gasteiger partial charge in [0.2, 0.25) is 0 Å². The van der Waals surface area contributed by atoms with Crippen LogP contribution in [-0.2, 0) is 6.42 Å². The first kappa shape index (κ1) is 16.3. The number of nitrogens with one attached hydrogen (secondary N) is 1. The van der Waals surface area contributed by atoms with Crippen LogP contribution in [0.15, 0.2) is 42.5 Å². The summed E-state index contributed by atoms with van der Waals surface area (Å²) in [6.07, 6.45) is 0.868. The Morgan fingerprint density at radius 3 is 2.73 bits per heavy atom. The summed E-state index contributed by atoms with van der Waals surface area (Å²) >= 11 is 5.84. The normalized spacial score (nSPS) is 10.3. The maximum atomic E-state index is 13.6. The lowest BCUT2D eigenvalue weighted by Gasteiger charge is -2.11. The molecule has 0 fully saturated rings. The molecular formula is C17H17ClFNO2.